The SMILES string of the molecule is COc1ccc(NC(=O)[C@H]2NCCO[C@@H]2C)cc1OCC(N)=O. The van der Waals surface area contributed by atoms with Gasteiger partial charge in [0.15, 0.2) is 18.1 Å². The van der Waals surface area contributed by atoms with E-state index in [9.17, 15) is 9.59 Å². The Balaban J connectivity index is 2.08. The number of methoxy groups -OCH3 is 1. The number of primary amides is 1. The number of morpholine rings is 1. The summed E-state index contributed by atoms with van der Waals surface area (Å²) >= 11 is 0. The first-order valence-electron chi connectivity index (χ1n) is 7.26. The minimum Gasteiger partial charge on any atom is -0.493 e. The number of nitrogens with one attached hydrogen (secondary N) is 2. The molecule has 0 unspecified atom stereocenters. The van der Waals surface area contributed by atoms with Crippen LogP contribution in [0.3, 0.4) is 0 Å². The predicted octanol–water partition coefficient (Wildman–Crippen LogP) is -0.125. The van der Waals surface area contributed by atoms with Gasteiger partial charge in [0.2, 0.25) is 5.91 Å². The number of amides is 2. The van der Waals surface area contributed by atoms with Crippen LogP contribution in [-0.4, -0.2) is 50.8 Å². The largest absolute Gasteiger partial charge is 0.493 e. The van der Waals surface area contributed by atoms with Gasteiger partial charge in [-0.05, 0) is 19.1 Å². The third kappa shape index (κ3) is 4.57. The van der Waals surface area contributed by atoms with Crippen molar-refractivity contribution in [3.8, 4) is 11.5 Å². The van der Waals surface area contributed by atoms with E-state index in [0.29, 0.717) is 30.3 Å². The molecule has 8 heteroatoms. The van der Waals surface area contributed by atoms with E-state index in [-0.39, 0.29) is 18.6 Å². The maximum atomic E-state index is 12.3. The number of ether oxygens (including phenoxy) is 3. The Bertz CT molecular complexity index is 578. The van der Waals surface area contributed by atoms with Crippen LogP contribution in [0.4, 0.5) is 5.69 Å². The molecule has 0 aliphatic carbocycles. The molecule has 0 radical (unpaired) electrons. The highest BCUT2D eigenvalue weighted by atomic mass is 16.5. The Morgan fingerprint density at radius 2 is 2.22 bits per heavy atom. The number of carbonyl (C=O) groups excluding carboxylic acids is 2. The number of nitrogens with two attached hydrogens (primary N) is 1. The first kappa shape index (κ1) is 17.0. The van der Waals surface area contributed by atoms with Gasteiger partial charge in [-0.1, -0.05) is 0 Å². The lowest BCUT2D eigenvalue weighted by atomic mass is 10.1. The first-order chi connectivity index (χ1) is 11.0. The molecule has 8 nitrogen and oxygen atoms in total. The van der Waals surface area contributed by atoms with Crippen LogP contribution >= 0.6 is 0 Å². The van der Waals surface area contributed by atoms with Crippen LogP contribution in [0.2, 0.25) is 0 Å². The molecule has 1 aromatic carbocycles. The molecule has 0 bridgehead atoms. The zero-order valence-electron chi connectivity index (χ0n) is 13.1. The van der Waals surface area contributed by atoms with Gasteiger partial charge in [-0.3, -0.25) is 9.59 Å². The van der Waals surface area contributed by atoms with Crippen molar-refractivity contribution in [3.63, 3.8) is 0 Å². The van der Waals surface area contributed by atoms with Gasteiger partial charge in [-0.2, -0.15) is 0 Å². The molecule has 0 saturated carbocycles. The molecule has 1 heterocycles. The van der Waals surface area contributed by atoms with Crippen molar-refractivity contribution in [1.29, 1.82) is 0 Å². The third-order valence-electron chi connectivity index (χ3n) is 3.40. The van der Waals surface area contributed by atoms with Gasteiger partial charge in [0.05, 0.1) is 19.8 Å². The minimum absolute atomic E-state index is 0.205. The second-order valence-corrected chi connectivity index (χ2v) is 5.12. The Morgan fingerprint density at radius 3 is 2.87 bits per heavy atom. The maximum Gasteiger partial charge on any atom is 0.255 e. The van der Waals surface area contributed by atoms with E-state index in [0.717, 1.165) is 0 Å². The molecule has 1 aromatic rings. The molecule has 1 fully saturated rings. The normalized spacial score (nSPS) is 20.6. The lowest BCUT2D eigenvalue weighted by molar-refractivity contribution is -0.123. The summed E-state index contributed by atoms with van der Waals surface area (Å²) in [5, 5.41) is 5.90. The van der Waals surface area contributed by atoms with Crippen LogP contribution < -0.4 is 25.8 Å². The van der Waals surface area contributed by atoms with Crippen molar-refractivity contribution < 1.29 is 23.8 Å². The first-order valence-corrected chi connectivity index (χ1v) is 7.26. The highest BCUT2D eigenvalue weighted by Crippen LogP contribution is 2.30. The Kier molecular flexibility index (Phi) is 5.78. The van der Waals surface area contributed by atoms with Gasteiger partial charge >= 0.3 is 0 Å². The summed E-state index contributed by atoms with van der Waals surface area (Å²) in [6.07, 6.45) is -0.215. The number of carbonyl (C=O) groups is 2. The van der Waals surface area contributed by atoms with Crippen LogP contribution in [0.15, 0.2) is 18.2 Å². The number of hydrogen-bond donors (Lipinski definition) is 3. The molecule has 2 rings (SSSR count). The fourth-order valence-electron chi connectivity index (χ4n) is 2.26. The summed E-state index contributed by atoms with van der Waals surface area (Å²) < 4.78 is 15.9. The standard InChI is InChI=1S/C15H21N3O5/c1-9-14(17-5-6-22-9)15(20)18-10-3-4-11(21-2)12(7-10)23-8-13(16)19/h3-4,7,9,14,17H,5-6,8H2,1-2H3,(H2,16,19)(H,18,20)/t9-,14+/m1/s1. The van der Waals surface area contributed by atoms with Crippen LogP contribution in [-0.2, 0) is 14.3 Å². The van der Waals surface area contributed by atoms with Crippen molar-refractivity contribution in [3.05, 3.63) is 18.2 Å². The molecule has 1 aliphatic rings. The minimum atomic E-state index is -0.598. The van der Waals surface area contributed by atoms with Crippen molar-refractivity contribution in [2.75, 3.05) is 32.2 Å². The van der Waals surface area contributed by atoms with E-state index in [4.69, 9.17) is 19.9 Å². The molecule has 4 N–H and O–H groups in total. The lowest BCUT2D eigenvalue weighted by Crippen LogP contribution is -2.53. The van der Waals surface area contributed by atoms with Crippen LogP contribution in [0.1, 0.15) is 6.92 Å². The van der Waals surface area contributed by atoms with Gasteiger partial charge in [-0.25, -0.2) is 0 Å². The van der Waals surface area contributed by atoms with E-state index in [1.807, 2.05) is 6.92 Å². The zero-order chi connectivity index (χ0) is 16.8. The van der Waals surface area contributed by atoms with Crippen LogP contribution in [0.25, 0.3) is 0 Å². The summed E-state index contributed by atoms with van der Waals surface area (Å²) in [4.78, 5) is 23.2. The van der Waals surface area contributed by atoms with E-state index in [1.165, 1.54) is 7.11 Å². The van der Waals surface area contributed by atoms with E-state index in [2.05, 4.69) is 10.6 Å². The molecule has 0 aromatic heterocycles. The Morgan fingerprint density at radius 1 is 1.43 bits per heavy atom. The van der Waals surface area contributed by atoms with E-state index < -0.39 is 11.9 Å². The molecule has 126 valence electrons. The van der Waals surface area contributed by atoms with Crippen molar-refractivity contribution in [2.24, 2.45) is 5.73 Å². The molecule has 23 heavy (non-hydrogen) atoms. The fourth-order valence-corrected chi connectivity index (χ4v) is 2.26. The fraction of sp³-hybridized carbons (Fsp3) is 0.467. The molecule has 1 saturated heterocycles. The van der Waals surface area contributed by atoms with Crippen molar-refractivity contribution >= 4 is 17.5 Å². The van der Waals surface area contributed by atoms with Gasteiger partial charge in [-0.15, -0.1) is 0 Å². The molecular weight excluding hydrogens is 302 g/mol. The second kappa shape index (κ2) is 7.80. The maximum absolute atomic E-state index is 12.3. The Labute approximate surface area is 134 Å². The van der Waals surface area contributed by atoms with Gasteiger partial charge < -0.3 is 30.6 Å². The lowest BCUT2D eigenvalue weighted by Gasteiger charge is -2.29. The quantitative estimate of drug-likeness (QED) is 0.672. The highest BCUT2D eigenvalue weighted by molar-refractivity contribution is 5.95. The van der Waals surface area contributed by atoms with Gasteiger partial charge in [0.1, 0.15) is 6.04 Å². The second-order valence-electron chi connectivity index (χ2n) is 5.12. The summed E-state index contributed by atoms with van der Waals surface area (Å²) in [6, 6.07) is 4.47. The van der Waals surface area contributed by atoms with Crippen LogP contribution in [0, 0.1) is 0 Å². The molecule has 2 amide bonds. The third-order valence-corrected chi connectivity index (χ3v) is 3.40. The van der Waals surface area contributed by atoms with Crippen LogP contribution in [0.5, 0.6) is 11.5 Å². The average Bonchev–Trinajstić information content (AvgIpc) is 2.53. The molecule has 2 atom stereocenters. The summed E-state index contributed by atoms with van der Waals surface area (Å²) in [5.41, 5.74) is 5.59. The summed E-state index contributed by atoms with van der Waals surface area (Å²) in [6.45, 7) is 2.77. The molecule has 1 aliphatic heterocycles. The zero-order valence-corrected chi connectivity index (χ0v) is 13.1. The number of hydrogen-bond acceptors (Lipinski definition) is 6. The monoisotopic (exact) mass is 323 g/mol. The smallest absolute Gasteiger partial charge is 0.255 e. The summed E-state index contributed by atoms with van der Waals surface area (Å²) in [5.74, 6) is -0.0381. The van der Waals surface area contributed by atoms with E-state index in [1.54, 1.807) is 18.2 Å². The van der Waals surface area contributed by atoms with Crippen molar-refractivity contribution in [1.82, 2.24) is 5.32 Å². The van der Waals surface area contributed by atoms with Crippen molar-refractivity contribution in [2.45, 2.75) is 19.1 Å². The average molecular weight is 323 g/mol. The number of anilines is 1. The topological polar surface area (TPSA) is 112 Å². The number of benzene rings is 1. The van der Waals surface area contributed by atoms with Gasteiger partial charge in [0.25, 0.3) is 5.91 Å². The van der Waals surface area contributed by atoms with Gasteiger partial charge in [0, 0.05) is 18.3 Å². The van der Waals surface area contributed by atoms with E-state index >= 15 is 0 Å². The molecular formula is C15H21N3O5. The highest BCUT2D eigenvalue weighted by Gasteiger charge is 2.28. The Hall–Kier alpha value is -2.32. The summed E-state index contributed by atoms with van der Waals surface area (Å²) in [7, 11) is 1.48. The molecule has 0 spiro atoms. The predicted molar refractivity (Wildman–Crippen MR) is 83.5 cm³/mol. The number of rotatable bonds is 6.